The predicted octanol–water partition coefficient (Wildman–Crippen LogP) is 3.88. The Hall–Kier alpha value is -1.84. The van der Waals surface area contributed by atoms with Gasteiger partial charge in [0.2, 0.25) is 0 Å². The molecule has 0 aromatic heterocycles. The first-order valence-electron chi connectivity index (χ1n) is 10.2. The van der Waals surface area contributed by atoms with E-state index in [4.69, 9.17) is 4.74 Å². The molecule has 0 saturated carbocycles. The molecule has 0 amide bonds. The summed E-state index contributed by atoms with van der Waals surface area (Å²) in [5.41, 5.74) is 3.05. The predicted molar refractivity (Wildman–Crippen MR) is 111 cm³/mol. The standard InChI is InChI=1S/C24H32N2O/c1-18-16-26-17-21(12-19-8-5-4-6-9-19)25-15-22(26)14-24(18,2)20-10-7-11-23(13-20)27-3/h4-11,13,18,21-22,25H,12,14-17H2,1-3H3/t18?,21?,22?,24-/m1/s1. The van der Waals surface area contributed by atoms with Gasteiger partial charge < -0.3 is 10.1 Å². The minimum Gasteiger partial charge on any atom is -0.497 e. The van der Waals surface area contributed by atoms with E-state index in [0.29, 0.717) is 18.0 Å². The summed E-state index contributed by atoms with van der Waals surface area (Å²) in [6.45, 7) is 8.27. The van der Waals surface area contributed by atoms with E-state index in [0.717, 1.165) is 25.3 Å². The molecule has 2 aliphatic heterocycles. The van der Waals surface area contributed by atoms with Crippen molar-refractivity contribution in [2.45, 2.75) is 44.2 Å². The summed E-state index contributed by atoms with van der Waals surface area (Å²) in [7, 11) is 1.76. The summed E-state index contributed by atoms with van der Waals surface area (Å²) in [6, 6.07) is 20.7. The second-order valence-electron chi connectivity index (χ2n) is 8.66. The van der Waals surface area contributed by atoms with Gasteiger partial charge in [0, 0.05) is 31.7 Å². The molecular weight excluding hydrogens is 332 g/mol. The van der Waals surface area contributed by atoms with Crippen LogP contribution in [0.2, 0.25) is 0 Å². The first-order valence-corrected chi connectivity index (χ1v) is 10.2. The van der Waals surface area contributed by atoms with Crippen LogP contribution in [0.5, 0.6) is 5.75 Å². The number of hydrogen-bond acceptors (Lipinski definition) is 3. The second-order valence-corrected chi connectivity index (χ2v) is 8.66. The molecule has 0 spiro atoms. The molecule has 2 aromatic rings. The zero-order valence-corrected chi connectivity index (χ0v) is 16.8. The maximum atomic E-state index is 5.48. The smallest absolute Gasteiger partial charge is 0.119 e. The maximum Gasteiger partial charge on any atom is 0.119 e. The molecule has 2 aliphatic rings. The van der Waals surface area contributed by atoms with Gasteiger partial charge in [-0.25, -0.2) is 0 Å². The Morgan fingerprint density at radius 2 is 1.93 bits per heavy atom. The summed E-state index contributed by atoms with van der Waals surface area (Å²) in [6.07, 6.45) is 2.32. The first kappa shape index (κ1) is 18.5. The Bertz CT molecular complexity index is 762. The second kappa shape index (κ2) is 7.65. The highest BCUT2D eigenvalue weighted by Gasteiger charge is 2.44. The Kier molecular flexibility index (Phi) is 5.25. The average Bonchev–Trinajstić information content (AvgIpc) is 2.70. The van der Waals surface area contributed by atoms with Gasteiger partial charge in [-0.15, -0.1) is 0 Å². The van der Waals surface area contributed by atoms with Gasteiger partial charge in [0.1, 0.15) is 5.75 Å². The van der Waals surface area contributed by atoms with E-state index < -0.39 is 0 Å². The van der Waals surface area contributed by atoms with Gasteiger partial charge in [-0.2, -0.15) is 0 Å². The van der Waals surface area contributed by atoms with Crippen LogP contribution in [0.4, 0.5) is 0 Å². The average molecular weight is 365 g/mol. The number of piperidine rings is 1. The van der Waals surface area contributed by atoms with E-state index >= 15 is 0 Å². The molecule has 2 heterocycles. The van der Waals surface area contributed by atoms with Crippen LogP contribution in [0.25, 0.3) is 0 Å². The van der Waals surface area contributed by atoms with Gasteiger partial charge in [-0.3, -0.25) is 4.90 Å². The van der Waals surface area contributed by atoms with Crippen molar-refractivity contribution in [1.29, 1.82) is 0 Å². The normalized spacial score (nSPS) is 31.3. The Morgan fingerprint density at radius 1 is 1.11 bits per heavy atom. The number of rotatable bonds is 4. The van der Waals surface area contributed by atoms with Crippen LogP contribution >= 0.6 is 0 Å². The first-order chi connectivity index (χ1) is 13.1. The lowest BCUT2D eigenvalue weighted by atomic mass is 9.65. The molecule has 3 nitrogen and oxygen atoms in total. The van der Waals surface area contributed by atoms with E-state index in [2.05, 4.69) is 72.6 Å². The third-order valence-corrected chi connectivity index (χ3v) is 6.92. The summed E-state index contributed by atoms with van der Waals surface area (Å²) in [5.74, 6) is 1.59. The highest BCUT2D eigenvalue weighted by atomic mass is 16.5. The fourth-order valence-electron chi connectivity index (χ4n) is 5.01. The monoisotopic (exact) mass is 364 g/mol. The van der Waals surface area contributed by atoms with Crippen LogP contribution in [0, 0.1) is 5.92 Å². The van der Waals surface area contributed by atoms with Crippen molar-refractivity contribution in [3.8, 4) is 5.75 Å². The van der Waals surface area contributed by atoms with Crippen LogP contribution in [-0.4, -0.2) is 43.7 Å². The minimum absolute atomic E-state index is 0.198. The summed E-state index contributed by atoms with van der Waals surface area (Å²) in [4.78, 5) is 2.73. The van der Waals surface area contributed by atoms with Crippen LogP contribution in [0.15, 0.2) is 54.6 Å². The quantitative estimate of drug-likeness (QED) is 0.891. The number of ether oxygens (including phenoxy) is 1. The summed E-state index contributed by atoms with van der Waals surface area (Å²) < 4.78 is 5.48. The minimum atomic E-state index is 0.198. The van der Waals surface area contributed by atoms with E-state index in [1.165, 1.54) is 24.1 Å². The number of nitrogens with one attached hydrogen (secondary N) is 1. The number of fused-ring (bicyclic) bond motifs is 1. The Morgan fingerprint density at radius 3 is 2.70 bits per heavy atom. The number of hydrogen-bond donors (Lipinski definition) is 1. The molecule has 3 unspecified atom stereocenters. The molecule has 0 aliphatic carbocycles. The summed E-state index contributed by atoms with van der Waals surface area (Å²) in [5, 5.41) is 3.83. The molecular formula is C24H32N2O. The van der Waals surface area contributed by atoms with Crippen molar-refractivity contribution < 1.29 is 4.74 Å². The van der Waals surface area contributed by atoms with E-state index in [-0.39, 0.29) is 5.41 Å². The van der Waals surface area contributed by atoms with Gasteiger partial charge in [0.15, 0.2) is 0 Å². The fraction of sp³-hybridized carbons (Fsp3) is 0.500. The largest absolute Gasteiger partial charge is 0.497 e. The van der Waals surface area contributed by atoms with Gasteiger partial charge in [-0.05, 0) is 47.4 Å². The van der Waals surface area contributed by atoms with Crippen LogP contribution in [0.3, 0.4) is 0 Å². The van der Waals surface area contributed by atoms with Crippen molar-refractivity contribution in [3.63, 3.8) is 0 Å². The lowest BCUT2D eigenvalue weighted by Crippen LogP contribution is -2.63. The zero-order valence-electron chi connectivity index (χ0n) is 16.8. The lowest BCUT2D eigenvalue weighted by Gasteiger charge is -2.53. The molecule has 4 rings (SSSR count). The van der Waals surface area contributed by atoms with Crippen LogP contribution < -0.4 is 10.1 Å². The van der Waals surface area contributed by atoms with Gasteiger partial charge >= 0.3 is 0 Å². The Balaban J connectivity index is 1.46. The third-order valence-electron chi connectivity index (χ3n) is 6.92. The molecule has 144 valence electrons. The van der Waals surface area contributed by atoms with Crippen molar-refractivity contribution in [3.05, 3.63) is 65.7 Å². The van der Waals surface area contributed by atoms with Crippen LogP contribution in [-0.2, 0) is 11.8 Å². The highest BCUT2D eigenvalue weighted by Crippen LogP contribution is 2.43. The van der Waals surface area contributed by atoms with Gasteiger partial charge in [0.25, 0.3) is 0 Å². The summed E-state index contributed by atoms with van der Waals surface area (Å²) >= 11 is 0. The fourth-order valence-corrected chi connectivity index (χ4v) is 5.01. The molecule has 27 heavy (non-hydrogen) atoms. The van der Waals surface area contributed by atoms with E-state index in [9.17, 15) is 0 Å². The molecule has 0 bridgehead atoms. The topological polar surface area (TPSA) is 24.5 Å². The number of benzene rings is 2. The molecule has 2 saturated heterocycles. The van der Waals surface area contributed by atoms with Crippen molar-refractivity contribution in [2.75, 3.05) is 26.7 Å². The molecule has 2 aromatic carbocycles. The molecule has 4 atom stereocenters. The maximum absolute atomic E-state index is 5.48. The van der Waals surface area contributed by atoms with E-state index in [1.54, 1.807) is 7.11 Å². The lowest BCUT2D eigenvalue weighted by molar-refractivity contribution is 0.0245. The molecule has 2 fully saturated rings. The number of nitrogens with zero attached hydrogens (tertiary/aromatic N) is 1. The van der Waals surface area contributed by atoms with Crippen molar-refractivity contribution in [2.24, 2.45) is 5.92 Å². The Labute approximate surface area is 163 Å². The van der Waals surface area contributed by atoms with Crippen molar-refractivity contribution >= 4 is 0 Å². The molecule has 1 N–H and O–H groups in total. The highest BCUT2D eigenvalue weighted by molar-refractivity contribution is 5.35. The number of piperazine rings is 1. The van der Waals surface area contributed by atoms with Crippen molar-refractivity contribution in [1.82, 2.24) is 10.2 Å². The van der Waals surface area contributed by atoms with Gasteiger partial charge in [-0.1, -0.05) is 56.3 Å². The third kappa shape index (κ3) is 3.76. The zero-order chi connectivity index (χ0) is 18.9. The van der Waals surface area contributed by atoms with E-state index in [1.807, 2.05) is 6.07 Å². The van der Waals surface area contributed by atoms with Crippen LogP contribution in [0.1, 0.15) is 31.4 Å². The molecule has 3 heteroatoms. The SMILES string of the molecule is COc1cccc([C@]2(C)CC3CNC(Cc4ccccc4)CN3CC2C)c1. The van der Waals surface area contributed by atoms with Gasteiger partial charge in [0.05, 0.1) is 7.11 Å². The molecule has 0 radical (unpaired) electrons. The number of methoxy groups -OCH3 is 1.